The van der Waals surface area contributed by atoms with Gasteiger partial charge in [0.15, 0.2) is 5.96 Å². The molecule has 7 heteroatoms. The third-order valence-electron chi connectivity index (χ3n) is 4.96. The van der Waals surface area contributed by atoms with Gasteiger partial charge in [0.05, 0.1) is 13.2 Å². The molecule has 3 rings (SSSR count). The first-order valence-electron chi connectivity index (χ1n) is 9.87. The Balaban J connectivity index is 0.00000300. The highest BCUT2D eigenvalue weighted by molar-refractivity contribution is 14.0. The Morgan fingerprint density at radius 2 is 1.90 bits per heavy atom. The topological polar surface area (TPSA) is 67.8 Å². The van der Waals surface area contributed by atoms with Crippen LogP contribution in [0.25, 0.3) is 0 Å². The fourth-order valence-electron chi connectivity index (χ4n) is 3.36. The van der Waals surface area contributed by atoms with Crippen LogP contribution in [0.4, 0.5) is 0 Å². The zero-order valence-corrected chi connectivity index (χ0v) is 19.7. The molecule has 158 valence electrons. The summed E-state index contributed by atoms with van der Waals surface area (Å²) in [6, 6.07) is 10.3. The number of ether oxygens (including phenoxy) is 2. The van der Waals surface area contributed by atoms with E-state index in [0.29, 0.717) is 25.1 Å². The summed E-state index contributed by atoms with van der Waals surface area (Å²) in [5.41, 5.74) is 3.44. The molecule has 0 saturated heterocycles. The van der Waals surface area contributed by atoms with Crippen LogP contribution in [0.1, 0.15) is 42.4 Å². The van der Waals surface area contributed by atoms with Crippen molar-refractivity contribution in [3.63, 3.8) is 0 Å². The van der Waals surface area contributed by atoms with Crippen molar-refractivity contribution in [1.29, 1.82) is 0 Å². The number of pyridine rings is 1. The normalized spacial score (nSPS) is 14.2. The van der Waals surface area contributed by atoms with Crippen molar-refractivity contribution in [3.05, 3.63) is 53.2 Å². The van der Waals surface area contributed by atoms with Crippen LogP contribution < -0.4 is 20.1 Å². The van der Waals surface area contributed by atoms with E-state index in [9.17, 15) is 0 Å². The van der Waals surface area contributed by atoms with Crippen molar-refractivity contribution in [3.8, 4) is 11.6 Å². The SMILES string of the molecule is CN=C(NCc1ccnc(OC)c1)NCc1ccc(C)cc1OC1CCCC1.I. The Labute approximate surface area is 190 Å². The molecular formula is C22H31IN4O2. The van der Waals surface area contributed by atoms with E-state index in [1.807, 2.05) is 12.1 Å². The Morgan fingerprint density at radius 1 is 1.14 bits per heavy atom. The molecule has 1 aliphatic rings. The van der Waals surface area contributed by atoms with Crippen LogP contribution in [-0.4, -0.2) is 31.2 Å². The van der Waals surface area contributed by atoms with Gasteiger partial charge in [-0.2, -0.15) is 0 Å². The van der Waals surface area contributed by atoms with E-state index in [1.165, 1.54) is 18.4 Å². The lowest BCUT2D eigenvalue weighted by atomic mass is 10.1. The average molecular weight is 510 g/mol. The van der Waals surface area contributed by atoms with Crippen LogP contribution >= 0.6 is 24.0 Å². The lowest BCUT2D eigenvalue weighted by Gasteiger charge is -2.18. The molecule has 1 heterocycles. The molecule has 29 heavy (non-hydrogen) atoms. The van der Waals surface area contributed by atoms with E-state index in [1.54, 1.807) is 20.4 Å². The molecule has 6 nitrogen and oxygen atoms in total. The van der Waals surface area contributed by atoms with Gasteiger partial charge in [0.1, 0.15) is 5.75 Å². The zero-order chi connectivity index (χ0) is 19.8. The van der Waals surface area contributed by atoms with Crippen LogP contribution in [0.5, 0.6) is 11.6 Å². The van der Waals surface area contributed by atoms with Gasteiger partial charge in [-0.3, -0.25) is 4.99 Å². The van der Waals surface area contributed by atoms with Crippen LogP contribution in [0.3, 0.4) is 0 Å². The number of aromatic nitrogens is 1. The number of benzene rings is 1. The first-order chi connectivity index (χ1) is 13.7. The number of halogens is 1. The standard InChI is InChI=1S/C22H30N4O2.HI/c1-16-8-9-18(20(12-16)28-19-6-4-5-7-19)15-26-22(23-2)25-14-17-10-11-24-21(13-17)27-3;/h8-13,19H,4-7,14-15H2,1-3H3,(H2,23,25,26);1H. The highest BCUT2D eigenvalue weighted by Crippen LogP contribution is 2.27. The number of hydrogen-bond acceptors (Lipinski definition) is 4. The van der Waals surface area contributed by atoms with Gasteiger partial charge < -0.3 is 20.1 Å². The molecule has 0 aliphatic heterocycles. The fraction of sp³-hybridized carbons (Fsp3) is 0.455. The Bertz CT molecular complexity index is 807. The van der Waals surface area contributed by atoms with Gasteiger partial charge in [-0.25, -0.2) is 4.98 Å². The van der Waals surface area contributed by atoms with E-state index < -0.39 is 0 Å². The van der Waals surface area contributed by atoms with Crippen molar-refractivity contribution < 1.29 is 9.47 Å². The average Bonchev–Trinajstić information content (AvgIpc) is 3.22. The number of aryl methyl sites for hydroxylation is 1. The number of nitrogens with zero attached hydrogens (tertiary/aromatic N) is 2. The summed E-state index contributed by atoms with van der Waals surface area (Å²) in [6.45, 7) is 3.39. The monoisotopic (exact) mass is 510 g/mol. The number of methoxy groups -OCH3 is 1. The molecule has 0 radical (unpaired) electrons. The van der Waals surface area contributed by atoms with Gasteiger partial charge in [0.2, 0.25) is 5.88 Å². The first-order valence-corrected chi connectivity index (χ1v) is 9.87. The molecule has 1 fully saturated rings. The molecule has 2 aromatic rings. The van der Waals surface area contributed by atoms with Crippen molar-refractivity contribution in [2.75, 3.05) is 14.2 Å². The molecule has 0 bridgehead atoms. The summed E-state index contributed by atoms with van der Waals surface area (Å²) >= 11 is 0. The number of hydrogen-bond donors (Lipinski definition) is 2. The minimum Gasteiger partial charge on any atom is -0.490 e. The molecule has 0 amide bonds. The van der Waals surface area contributed by atoms with Gasteiger partial charge >= 0.3 is 0 Å². The maximum Gasteiger partial charge on any atom is 0.213 e. The number of rotatable bonds is 7. The van der Waals surface area contributed by atoms with Crippen molar-refractivity contribution in [2.24, 2.45) is 4.99 Å². The maximum atomic E-state index is 6.29. The number of nitrogens with one attached hydrogen (secondary N) is 2. The largest absolute Gasteiger partial charge is 0.490 e. The molecule has 1 aromatic carbocycles. The summed E-state index contributed by atoms with van der Waals surface area (Å²) < 4.78 is 11.5. The van der Waals surface area contributed by atoms with Gasteiger partial charge in [-0.1, -0.05) is 12.1 Å². The molecule has 0 unspecified atom stereocenters. The molecule has 0 atom stereocenters. The molecule has 1 aliphatic carbocycles. The van der Waals surface area contributed by atoms with Gasteiger partial charge in [-0.15, -0.1) is 24.0 Å². The molecule has 0 spiro atoms. The Hall–Kier alpha value is -2.03. The lowest BCUT2D eigenvalue weighted by Crippen LogP contribution is -2.36. The molecule has 1 aromatic heterocycles. The summed E-state index contributed by atoms with van der Waals surface area (Å²) in [5.74, 6) is 2.33. The van der Waals surface area contributed by atoms with E-state index in [2.05, 4.69) is 45.7 Å². The van der Waals surface area contributed by atoms with Crippen molar-refractivity contribution >= 4 is 29.9 Å². The second-order valence-electron chi connectivity index (χ2n) is 7.12. The quantitative estimate of drug-likeness (QED) is 0.332. The van der Waals surface area contributed by atoms with E-state index in [4.69, 9.17) is 9.47 Å². The van der Waals surface area contributed by atoms with Crippen LogP contribution in [-0.2, 0) is 13.1 Å². The second kappa shape index (κ2) is 11.8. The van der Waals surface area contributed by atoms with Crippen LogP contribution in [0.15, 0.2) is 41.5 Å². The summed E-state index contributed by atoms with van der Waals surface area (Å²) in [4.78, 5) is 8.45. The van der Waals surface area contributed by atoms with Gasteiger partial charge in [0, 0.05) is 38.0 Å². The Morgan fingerprint density at radius 3 is 2.62 bits per heavy atom. The first kappa shape index (κ1) is 23.3. The second-order valence-corrected chi connectivity index (χ2v) is 7.12. The van der Waals surface area contributed by atoms with E-state index in [0.717, 1.165) is 35.7 Å². The summed E-state index contributed by atoms with van der Waals surface area (Å²) in [7, 11) is 3.39. The van der Waals surface area contributed by atoms with Crippen molar-refractivity contribution in [1.82, 2.24) is 15.6 Å². The molecule has 2 N–H and O–H groups in total. The van der Waals surface area contributed by atoms with E-state index in [-0.39, 0.29) is 24.0 Å². The molecular weight excluding hydrogens is 479 g/mol. The third-order valence-corrected chi connectivity index (χ3v) is 4.96. The minimum atomic E-state index is 0. The minimum absolute atomic E-state index is 0. The lowest BCUT2D eigenvalue weighted by molar-refractivity contribution is 0.207. The number of guanidine groups is 1. The number of aliphatic imine (C=N–C) groups is 1. The summed E-state index contributed by atoms with van der Waals surface area (Å²) in [6.07, 6.45) is 6.92. The highest BCUT2D eigenvalue weighted by Gasteiger charge is 2.18. The van der Waals surface area contributed by atoms with E-state index >= 15 is 0 Å². The molecule has 1 saturated carbocycles. The fourth-order valence-corrected chi connectivity index (χ4v) is 3.36. The maximum absolute atomic E-state index is 6.29. The summed E-state index contributed by atoms with van der Waals surface area (Å²) in [5, 5.41) is 6.71. The van der Waals surface area contributed by atoms with Gasteiger partial charge in [0.25, 0.3) is 0 Å². The Kier molecular flexibility index (Phi) is 9.50. The van der Waals surface area contributed by atoms with Crippen LogP contribution in [0, 0.1) is 6.92 Å². The third kappa shape index (κ3) is 7.06. The highest BCUT2D eigenvalue weighted by atomic mass is 127. The smallest absolute Gasteiger partial charge is 0.213 e. The van der Waals surface area contributed by atoms with Crippen LogP contribution in [0.2, 0.25) is 0 Å². The zero-order valence-electron chi connectivity index (χ0n) is 17.4. The van der Waals surface area contributed by atoms with Crippen molar-refractivity contribution in [2.45, 2.75) is 51.8 Å². The predicted octanol–water partition coefficient (Wildman–Crippen LogP) is 4.20. The van der Waals surface area contributed by atoms with Gasteiger partial charge in [-0.05, 0) is 55.9 Å². The predicted molar refractivity (Wildman–Crippen MR) is 127 cm³/mol.